The minimum Gasteiger partial charge on any atom is -0.543 e. The highest BCUT2D eigenvalue weighted by molar-refractivity contribution is 6.74. The number of nitrogens with zero attached hydrogens (tertiary/aromatic N) is 1. The molecule has 0 bridgehead atoms. The van der Waals surface area contributed by atoms with Gasteiger partial charge in [0.2, 0.25) is 8.32 Å². The molecule has 0 amide bonds. The second kappa shape index (κ2) is 6.00. The van der Waals surface area contributed by atoms with Gasteiger partial charge in [0, 0.05) is 18.1 Å². The van der Waals surface area contributed by atoms with Gasteiger partial charge in [0.05, 0.1) is 5.69 Å². The minimum absolute atomic E-state index is 0.129. The van der Waals surface area contributed by atoms with E-state index in [0.29, 0.717) is 11.6 Å². The van der Waals surface area contributed by atoms with Crippen LogP contribution >= 0.6 is 0 Å². The molecule has 124 valence electrons. The summed E-state index contributed by atoms with van der Waals surface area (Å²) in [5.41, 5.74) is 2.83. The normalized spacial score (nSPS) is 12.3. The van der Waals surface area contributed by atoms with E-state index in [1.807, 2.05) is 38.1 Å². The zero-order chi connectivity index (χ0) is 17.4. The van der Waals surface area contributed by atoms with Crippen molar-refractivity contribution in [3.8, 4) is 11.3 Å². The second-order valence-corrected chi connectivity index (χ2v) is 12.2. The van der Waals surface area contributed by atoms with Gasteiger partial charge < -0.3 is 8.84 Å². The smallest absolute Gasteiger partial charge is 0.250 e. The van der Waals surface area contributed by atoms with Crippen molar-refractivity contribution in [3.05, 3.63) is 48.0 Å². The molecular weight excluding hydrogens is 302 g/mol. The van der Waals surface area contributed by atoms with Crippen LogP contribution in [0.25, 0.3) is 17.1 Å². The van der Waals surface area contributed by atoms with E-state index in [9.17, 15) is 0 Å². The second-order valence-electron chi connectivity index (χ2n) is 7.48. The number of oxazole rings is 1. The Morgan fingerprint density at radius 2 is 1.78 bits per heavy atom. The number of aryl methyl sites for hydroxylation is 2. The zero-order valence-corrected chi connectivity index (χ0v) is 16.3. The number of hydrogen-bond donors (Lipinski definition) is 0. The summed E-state index contributed by atoms with van der Waals surface area (Å²) in [4.78, 5) is 4.37. The van der Waals surface area contributed by atoms with Gasteiger partial charge in [-0.3, -0.25) is 0 Å². The summed E-state index contributed by atoms with van der Waals surface area (Å²) in [5.74, 6) is 2.17. The van der Waals surface area contributed by atoms with E-state index in [4.69, 9.17) is 8.84 Å². The molecule has 0 fully saturated rings. The van der Waals surface area contributed by atoms with Crippen LogP contribution in [0.1, 0.15) is 37.9 Å². The molecule has 1 aromatic carbocycles. The summed E-state index contributed by atoms with van der Waals surface area (Å²) in [7, 11) is -1.93. The highest BCUT2D eigenvalue weighted by Gasteiger charge is 2.39. The molecule has 2 rings (SSSR count). The van der Waals surface area contributed by atoms with Crippen LogP contribution in [0, 0.1) is 13.8 Å². The summed E-state index contributed by atoms with van der Waals surface area (Å²) in [6.45, 7) is 19.1. The first kappa shape index (κ1) is 17.5. The SMILES string of the molecule is C=C(O[Si](C)(C)C(C)(C)C)c1ccccc1-c1oc(C)nc1C. The highest BCUT2D eigenvalue weighted by atomic mass is 28.4. The van der Waals surface area contributed by atoms with Crippen LogP contribution in [0.2, 0.25) is 18.1 Å². The van der Waals surface area contributed by atoms with Crippen LogP contribution in [-0.2, 0) is 4.43 Å². The molecule has 0 atom stereocenters. The average molecular weight is 330 g/mol. The molecule has 0 aliphatic heterocycles. The van der Waals surface area contributed by atoms with Gasteiger partial charge in [-0.15, -0.1) is 0 Å². The fourth-order valence-electron chi connectivity index (χ4n) is 2.22. The number of rotatable bonds is 4. The Hall–Kier alpha value is -1.81. The van der Waals surface area contributed by atoms with Crippen LogP contribution < -0.4 is 0 Å². The predicted octanol–water partition coefficient (Wildman–Crippen LogP) is 5.95. The lowest BCUT2D eigenvalue weighted by molar-refractivity contribution is 0.459. The molecular formula is C19H27NO2Si. The summed E-state index contributed by atoms with van der Waals surface area (Å²) < 4.78 is 12.2. The quantitative estimate of drug-likeness (QED) is 0.513. The van der Waals surface area contributed by atoms with E-state index in [0.717, 1.165) is 22.6 Å². The molecule has 0 N–H and O–H groups in total. The van der Waals surface area contributed by atoms with Crippen molar-refractivity contribution in [2.75, 3.05) is 0 Å². The topological polar surface area (TPSA) is 35.3 Å². The predicted molar refractivity (Wildman–Crippen MR) is 98.7 cm³/mol. The molecule has 0 aliphatic rings. The van der Waals surface area contributed by atoms with Crippen LogP contribution in [0.3, 0.4) is 0 Å². The van der Waals surface area contributed by atoms with Crippen molar-refractivity contribution in [1.29, 1.82) is 0 Å². The molecule has 0 saturated carbocycles. The first-order valence-corrected chi connectivity index (χ1v) is 10.9. The van der Waals surface area contributed by atoms with Crippen LogP contribution in [0.15, 0.2) is 35.3 Å². The third kappa shape index (κ3) is 3.58. The maximum absolute atomic E-state index is 6.38. The lowest BCUT2D eigenvalue weighted by atomic mass is 10.0. The lowest BCUT2D eigenvalue weighted by Gasteiger charge is -2.37. The average Bonchev–Trinajstić information content (AvgIpc) is 2.76. The van der Waals surface area contributed by atoms with Gasteiger partial charge in [0.15, 0.2) is 11.7 Å². The van der Waals surface area contributed by atoms with Crippen molar-refractivity contribution >= 4 is 14.1 Å². The maximum atomic E-state index is 6.38. The third-order valence-electron chi connectivity index (χ3n) is 4.56. The number of aromatic nitrogens is 1. The lowest BCUT2D eigenvalue weighted by Crippen LogP contribution is -2.40. The van der Waals surface area contributed by atoms with Gasteiger partial charge >= 0.3 is 0 Å². The van der Waals surface area contributed by atoms with Gasteiger partial charge in [-0.25, -0.2) is 4.98 Å². The molecule has 1 heterocycles. The van der Waals surface area contributed by atoms with Gasteiger partial charge in [0.25, 0.3) is 0 Å². The minimum atomic E-state index is -1.93. The third-order valence-corrected chi connectivity index (χ3v) is 8.93. The molecule has 0 spiro atoms. The Morgan fingerprint density at radius 1 is 1.17 bits per heavy atom. The van der Waals surface area contributed by atoms with Crippen molar-refractivity contribution in [2.45, 2.75) is 52.8 Å². The molecule has 2 aromatic rings. The van der Waals surface area contributed by atoms with Crippen molar-refractivity contribution < 1.29 is 8.84 Å². The molecule has 4 heteroatoms. The molecule has 23 heavy (non-hydrogen) atoms. The summed E-state index contributed by atoms with van der Waals surface area (Å²) in [5, 5.41) is 0.129. The summed E-state index contributed by atoms with van der Waals surface area (Å²) in [6, 6.07) is 8.05. The Morgan fingerprint density at radius 3 is 2.30 bits per heavy atom. The van der Waals surface area contributed by atoms with Gasteiger partial charge in [-0.05, 0) is 25.1 Å². The van der Waals surface area contributed by atoms with Crippen LogP contribution in [-0.4, -0.2) is 13.3 Å². The molecule has 0 aliphatic carbocycles. The van der Waals surface area contributed by atoms with E-state index in [2.05, 4.69) is 45.4 Å². The molecule has 1 aromatic heterocycles. The molecule has 3 nitrogen and oxygen atoms in total. The van der Waals surface area contributed by atoms with E-state index < -0.39 is 8.32 Å². The van der Waals surface area contributed by atoms with Crippen molar-refractivity contribution in [3.63, 3.8) is 0 Å². The van der Waals surface area contributed by atoms with E-state index >= 15 is 0 Å². The fraction of sp³-hybridized carbons (Fsp3) is 0.421. The highest BCUT2D eigenvalue weighted by Crippen LogP contribution is 2.40. The van der Waals surface area contributed by atoms with E-state index in [1.165, 1.54) is 0 Å². The molecule has 0 radical (unpaired) electrons. The Labute approximate surface area is 140 Å². The van der Waals surface area contributed by atoms with Crippen molar-refractivity contribution in [1.82, 2.24) is 4.98 Å². The van der Waals surface area contributed by atoms with E-state index in [1.54, 1.807) is 0 Å². The van der Waals surface area contributed by atoms with Gasteiger partial charge in [-0.2, -0.15) is 0 Å². The Kier molecular flexibility index (Phi) is 4.58. The standard InChI is InChI=1S/C19H27NO2Si/c1-13-18(21-15(3)20-13)17-12-10-9-11-16(17)14(2)22-23(7,8)19(4,5)6/h9-12H,2H2,1,3-8H3. The van der Waals surface area contributed by atoms with Crippen LogP contribution in [0.4, 0.5) is 0 Å². The summed E-state index contributed by atoms with van der Waals surface area (Å²) >= 11 is 0. The number of benzene rings is 1. The fourth-order valence-corrected chi connectivity index (χ4v) is 3.25. The Bertz CT molecular complexity index is 723. The zero-order valence-electron chi connectivity index (χ0n) is 15.3. The summed E-state index contributed by atoms with van der Waals surface area (Å²) in [6.07, 6.45) is 0. The van der Waals surface area contributed by atoms with Gasteiger partial charge in [0.1, 0.15) is 5.76 Å². The monoisotopic (exact) mass is 329 g/mol. The molecule has 0 saturated heterocycles. The first-order chi connectivity index (χ1) is 10.5. The van der Waals surface area contributed by atoms with E-state index in [-0.39, 0.29) is 5.04 Å². The first-order valence-electron chi connectivity index (χ1n) is 7.94. The largest absolute Gasteiger partial charge is 0.543 e. The van der Waals surface area contributed by atoms with Crippen molar-refractivity contribution in [2.24, 2.45) is 0 Å². The molecule has 0 unspecified atom stereocenters. The van der Waals surface area contributed by atoms with Gasteiger partial charge in [-0.1, -0.05) is 51.6 Å². The Balaban J connectivity index is 2.42. The maximum Gasteiger partial charge on any atom is 0.250 e. The van der Waals surface area contributed by atoms with Crippen LogP contribution in [0.5, 0.6) is 0 Å². The number of hydrogen-bond acceptors (Lipinski definition) is 3.